The van der Waals surface area contributed by atoms with Crippen LogP contribution in [0.25, 0.3) is 0 Å². The molecule has 1 fully saturated rings. The van der Waals surface area contributed by atoms with Crippen molar-refractivity contribution in [3.8, 4) is 5.75 Å². The maximum atomic E-state index is 5.76. The van der Waals surface area contributed by atoms with Crippen molar-refractivity contribution in [1.82, 2.24) is 9.80 Å². The van der Waals surface area contributed by atoms with Crippen molar-refractivity contribution < 1.29 is 4.74 Å². The summed E-state index contributed by atoms with van der Waals surface area (Å²) in [7, 11) is 2.19. The first-order valence-corrected chi connectivity index (χ1v) is 6.84. The Morgan fingerprint density at radius 2 is 1.94 bits per heavy atom. The predicted octanol–water partition coefficient (Wildman–Crippen LogP) is 2.01. The van der Waals surface area contributed by atoms with Gasteiger partial charge in [-0.15, -0.1) is 0 Å². The van der Waals surface area contributed by atoms with Crippen molar-refractivity contribution in [2.24, 2.45) is 0 Å². The van der Waals surface area contributed by atoms with Crippen LogP contribution in [0, 0.1) is 6.92 Å². The number of rotatable bonds is 5. The van der Waals surface area contributed by atoms with Gasteiger partial charge in [0.25, 0.3) is 0 Å². The van der Waals surface area contributed by atoms with Crippen LogP contribution in [-0.2, 0) is 0 Å². The monoisotopic (exact) mass is 248 g/mol. The van der Waals surface area contributed by atoms with E-state index >= 15 is 0 Å². The number of nitrogens with zero attached hydrogens (tertiary/aromatic N) is 2. The number of aryl methyl sites for hydroxylation is 1. The van der Waals surface area contributed by atoms with E-state index in [1.807, 2.05) is 12.1 Å². The molecule has 0 aromatic heterocycles. The second kappa shape index (κ2) is 6.76. The number of hydrogen-bond donors (Lipinski definition) is 0. The standard InChI is InChI=1S/C15H24N2O/c1-14-5-3-6-15(13-14)18-12-4-7-17-10-8-16(2)9-11-17/h3,5-6,13H,4,7-12H2,1-2H3. The Balaban J connectivity index is 1.61. The summed E-state index contributed by atoms with van der Waals surface area (Å²) in [6, 6.07) is 8.26. The Bertz CT molecular complexity index is 359. The topological polar surface area (TPSA) is 15.7 Å². The van der Waals surface area contributed by atoms with Gasteiger partial charge in [0.05, 0.1) is 6.61 Å². The number of benzene rings is 1. The molecule has 3 nitrogen and oxygen atoms in total. The minimum Gasteiger partial charge on any atom is -0.494 e. The van der Waals surface area contributed by atoms with E-state index < -0.39 is 0 Å². The fraction of sp³-hybridized carbons (Fsp3) is 0.600. The third-order valence-electron chi connectivity index (χ3n) is 3.47. The fourth-order valence-electron chi connectivity index (χ4n) is 2.25. The minimum atomic E-state index is 0.815. The van der Waals surface area contributed by atoms with Crippen LogP contribution in [0.2, 0.25) is 0 Å². The maximum Gasteiger partial charge on any atom is 0.119 e. The summed E-state index contributed by atoms with van der Waals surface area (Å²) in [6.07, 6.45) is 1.11. The zero-order valence-corrected chi connectivity index (χ0v) is 11.6. The average Bonchev–Trinajstić information content (AvgIpc) is 2.37. The molecule has 0 aliphatic carbocycles. The van der Waals surface area contributed by atoms with E-state index in [1.165, 1.54) is 31.7 Å². The summed E-state index contributed by atoms with van der Waals surface area (Å²) in [5.41, 5.74) is 1.26. The Labute approximate surface area is 110 Å². The maximum absolute atomic E-state index is 5.76. The first-order valence-electron chi connectivity index (χ1n) is 6.84. The Morgan fingerprint density at radius 1 is 1.17 bits per heavy atom. The van der Waals surface area contributed by atoms with Gasteiger partial charge >= 0.3 is 0 Å². The van der Waals surface area contributed by atoms with Gasteiger partial charge in [-0.05, 0) is 38.1 Å². The highest BCUT2D eigenvalue weighted by Gasteiger charge is 2.12. The lowest BCUT2D eigenvalue weighted by Crippen LogP contribution is -2.44. The largest absolute Gasteiger partial charge is 0.494 e. The molecule has 2 rings (SSSR count). The van der Waals surface area contributed by atoms with E-state index in [4.69, 9.17) is 4.74 Å². The van der Waals surface area contributed by atoms with Gasteiger partial charge in [0.2, 0.25) is 0 Å². The van der Waals surface area contributed by atoms with Gasteiger partial charge in [-0.25, -0.2) is 0 Å². The first kappa shape index (κ1) is 13.4. The lowest BCUT2D eigenvalue weighted by Gasteiger charge is -2.32. The fourth-order valence-corrected chi connectivity index (χ4v) is 2.25. The zero-order valence-electron chi connectivity index (χ0n) is 11.6. The highest BCUT2D eigenvalue weighted by Crippen LogP contribution is 2.12. The number of piperazine rings is 1. The molecule has 0 radical (unpaired) electrons. The molecule has 18 heavy (non-hydrogen) atoms. The molecule has 1 aliphatic heterocycles. The molecule has 100 valence electrons. The number of hydrogen-bond acceptors (Lipinski definition) is 3. The summed E-state index contributed by atoms with van der Waals surface area (Å²) in [4.78, 5) is 4.92. The second-order valence-electron chi connectivity index (χ2n) is 5.16. The van der Waals surface area contributed by atoms with Gasteiger partial charge in [0.1, 0.15) is 5.75 Å². The molecular weight excluding hydrogens is 224 g/mol. The quantitative estimate of drug-likeness (QED) is 0.741. The van der Waals surface area contributed by atoms with Crippen LogP contribution >= 0.6 is 0 Å². The molecule has 1 heterocycles. The summed E-state index contributed by atoms with van der Waals surface area (Å²) >= 11 is 0. The van der Waals surface area contributed by atoms with Crippen molar-refractivity contribution in [2.75, 3.05) is 46.4 Å². The van der Waals surface area contributed by atoms with Crippen LogP contribution in [-0.4, -0.2) is 56.2 Å². The molecule has 1 aromatic rings. The van der Waals surface area contributed by atoms with E-state index in [2.05, 4.69) is 35.9 Å². The smallest absolute Gasteiger partial charge is 0.119 e. The SMILES string of the molecule is Cc1cccc(OCCCN2CCN(C)CC2)c1. The summed E-state index contributed by atoms with van der Waals surface area (Å²) in [6.45, 7) is 8.84. The molecule has 0 atom stereocenters. The van der Waals surface area contributed by atoms with Gasteiger partial charge < -0.3 is 14.5 Å². The second-order valence-corrected chi connectivity index (χ2v) is 5.16. The summed E-state index contributed by atoms with van der Waals surface area (Å²) < 4.78 is 5.76. The number of ether oxygens (including phenoxy) is 1. The van der Waals surface area contributed by atoms with E-state index in [9.17, 15) is 0 Å². The lowest BCUT2D eigenvalue weighted by molar-refractivity contribution is 0.145. The van der Waals surface area contributed by atoms with Gasteiger partial charge in [-0.3, -0.25) is 0 Å². The summed E-state index contributed by atoms with van der Waals surface area (Å²) in [5.74, 6) is 0.994. The molecule has 0 saturated carbocycles. The number of likely N-dealkylation sites (N-methyl/N-ethyl adjacent to an activating group) is 1. The van der Waals surface area contributed by atoms with Crippen LogP contribution in [0.5, 0.6) is 5.75 Å². The Kier molecular flexibility index (Phi) is 5.02. The average molecular weight is 248 g/mol. The lowest BCUT2D eigenvalue weighted by atomic mass is 10.2. The van der Waals surface area contributed by atoms with Crippen molar-refractivity contribution in [3.63, 3.8) is 0 Å². The van der Waals surface area contributed by atoms with Crippen molar-refractivity contribution >= 4 is 0 Å². The molecule has 3 heteroatoms. The van der Waals surface area contributed by atoms with Crippen LogP contribution in [0.4, 0.5) is 0 Å². The third-order valence-corrected chi connectivity index (χ3v) is 3.47. The van der Waals surface area contributed by atoms with Crippen molar-refractivity contribution in [3.05, 3.63) is 29.8 Å². The van der Waals surface area contributed by atoms with Gasteiger partial charge in [-0.1, -0.05) is 12.1 Å². The molecule has 1 aliphatic rings. The molecule has 1 saturated heterocycles. The molecule has 0 unspecified atom stereocenters. The van der Waals surface area contributed by atoms with Crippen LogP contribution in [0.1, 0.15) is 12.0 Å². The van der Waals surface area contributed by atoms with E-state index in [0.717, 1.165) is 25.3 Å². The zero-order chi connectivity index (χ0) is 12.8. The Morgan fingerprint density at radius 3 is 2.67 bits per heavy atom. The Hall–Kier alpha value is -1.06. The van der Waals surface area contributed by atoms with E-state index in [0.29, 0.717) is 0 Å². The van der Waals surface area contributed by atoms with Crippen LogP contribution in [0.3, 0.4) is 0 Å². The molecule has 0 bridgehead atoms. The third kappa shape index (κ3) is 4.31. The predicted molar refractivity (Wildman–Crippen MR) is 75.2 cm³/mol. The van der Waals surface area contributed by atoms with Crippen LogP contribution < -0.4 is 4.74 Å². The van der Waals surface area contributed by atoms with Crippen molar-refractivity contribution in [2.45, 2.75) is 13.3 Å². The van der Waals surface area contributed by atoms with Gasteiger partial charge in [-0.2, -0.15) is 0 Å². The molecule has 0 amide bonds. The minimum absolute atomic E-state index is 0.815. The molecule has 0 N–H and O–H groups in total. The summed E-state index contributed by atoms with van der Waals surface area (Å²) in [5, 5.41) is 0. The molecule has 0 spiro atoms. The van der Waals surface area contributed by atoms with Crippen molar-refractivity contribution in [1.29, 1.82) is 0 Å². The molecular formula is C15H24N2O. The first-order chi connectivity index (χ1) is 8.74. The van der Waals surface area contributed by atoms with E-state index in [-0.39, 0.29) is 0 Å². The highest BCUT2D eigenvalue weighted by molar-refractivity contribution is 5.27. The van der Waals surface area contributed by atoms with Crippen LogP contribution in [0.15, 0.2) is 24.3 Å². The highest BCUT2D eigenvalue weighted by atomic mass is 16.5. The van der Waals surface area contributed by atoms with Gasteiger partial charge in [0.15, 0.2) is 0 Å². The van der Waals surface area contributed by atoms with Gasteiger partial charge in [0, 0.05) is 32.7 Å². The van der Waals surface area contributed by atoms with E-state index in [1.54, 1.807) is 0 Å². The molecule has 1 aromatic carbocycles. The normalized spacial score (nSPS) is 17.9.